The fourth-order valence-corrected chi connectivity index (χ4v) is 4.46. The molecule has 0 unspecified atom stereocenters. The normalized spacial score (nSPS) is 19.0. The Morgan fingerprint density at radius 2 is 2.26 bits per heavy atom. The van der Waals surface area contributed by atoms with Gasteiger partial charge in [0.1, 0.15) is 0 Å². The van der Waals surface area contributed by atoms with Crippen LogP contribution in [0.15, 0.2) is 40.5 Å². The van der Waals surface area contributed by atoms with Gasteiger partial charge in [0.15, 0.2) is 5.84 Å². The van der Waals surface area contributed by atoms with E-state index >= 15 is 0 Å². The highest BCUT2D eigenvalue weighted by atomic mass is 35.5. The number of likely N-dealkylation sites (N-methyl/N-ethyl adjacent to an activating group) is 1. The molecule has 9 heteroatoms. The Bertz CT molecular complexity index is 839. The van der Waals surface area contributed by atoms with Crippen LogP contribution in [-0.4, -0.2) is 49.3 Å². The number of carbonyl (C=O) groups excluding carboxylic acids is 1. The number of thiophene rings is 1. The molecule has 23 heavy (non-hydrogen) atoms. The van der Waals surface area contributed by atoms with E-state index in [4.69, 9.17) is 11.6 Å². The molecule has 3 heterocycles. The first kappa shape index (κ1) is 16.2. The fourth-order valence-electron chi connectivity index (χ4n) is 2.33. The monoisotopic (exact) mass is 371 g/mol. The van der Waals surface area contributed by atoms with E-state index in [-0.39, 0.29) is 23.1 Å². The number of rotatable bonds is 3. The van der Waals surface area contributed by atoms with Gasteiger partial charge < -0.3 is 9.80 Å². The molecule has 6 nitrogen and oxygen atoms in total. The molecule has 2 aliphatic heterocycles. The van der Waals surface area contributed by atoms with E-state index in [0.29, 0.717) is 17.4 Å². The summed E-state index contributed by atoms with van der Waals surface area (Å²) in [5, 5.41) is 0. The van der Waals surface area contributed by atoms with Crippen LogP contribution in [-0.2, 0) is 21.4 Å². The maximum Gasteiger partial charge on any atom is 0.257 e. The van der Waals surface area contributed by atoms with E-state index in [1.54, 1.807) is 36.4 Å². The zero-order chi connectivity index (χ0) is 16.6. The maximum atomic E-state index is 12.7. The number of carbonyl (C=O) groups is 1. The Morgan fingerprint density at radius 3 is 2.96 bits per heavy atom. The Balaban J connectivity index is 1.84. The molecule has 0 N–H and O–H groups in total. The minimum absolute atomic E-state index is 0.0498. The van der Waals surface area contributed by atoms with Crippen LogP contribution in [0.2, 0.25) is 4.34 Å². The van der Waals surface area contributed by atoms with Gasteiger partial charge in [-0.1, -0.05) is 11.6 Å². The molecule has 0 saturated heterocycles. The van der Waals surface area contributed by atoms with Crippen molar-refractivity contribution in [3.63, 3.8) is 0 Å². The quantitative estimate of drug-likeness (QED) is 0.813. The summed E-state index contributed by atoms with van der Waals surface area (Å²) in [6, 6.07) is 3.64. The molecule has 0 atom stereocenters. The molecule has 3 rings (SSSR count). The average molecular weight is 372 g/mol. The van der Waals surface area contributed by atoms with Gasteiger partial charge in [0, 0.05) is 24.7 Å². The van der Waals surface area contributed by atoms with Crippen LogP contribution >= 0.6 is 22.9 Å². The van der Waals surface area contributed by atoms with Crippen LogP contribution in [0.25, 0.3) is 0 Å². The van der Waals surface area contributed by atoms with Crippen LogP contribution in [0.5, 0.6) is 0 Å². The second-order valence-electron chi connectivity index (χ2n) is 5.18. The molecule has 0 aliphatic carbocycles. The first-order valence-electron chi connectivity index (χ1n) is 6.83. The van der Waals surface area contributed by atoms with Crippen LogP contribution in [0.1, 0.15) is 4.88 Å². The van der Waals surface area contributed by atoms with Crippen molar-refractivity contribution in [3.05, 3.63) is 45.3 Å². The number of hydrogen-bond acceptors (Lipinski definition) is 5. The lowest BCUT2D eigenvalue weighted by atomic mass is 10.1. The van der Waals surface area contributed by atoms with Gasteiger partial charge in [-0.05, 0) is 24.3 Å². The molecule has 0 bridgehead atoms. The average Bonchev–Trinajstić information content (AvgIpc) is 2.90. The summed E-state index contributed by atoms with van der Waals surface area (Å²) >= 11 is 7.30. The van der Waals surface area contributed by atoms with Crippen LogP contribution in [0.3, 0.4) is 0 Å². The lowest BCUT2D eigenvalue weighted by molar-refractivity contribution is -0.125. The second kappa shape index (κ2) is 6.10. The second-order valence-corrected chi connectivity index (χ2v) is 8.74. The van der Waals surface area contributed by atoms with Crippen molar-refractivity contribution in [2.45, 2.75) is 6.54 Å². The molecule has 2 aliphatic rings. The van der Waals surface area contributed by atoms with E-state index in [1.165, 1.54) is 16.2 Å². The van der Waals surface area contributed by atoms with Gasteiger partial charge >= 0.3 is 0 Å². The molecule has 0 radical (unpaired) electrons. The van der Waals surface area contributed by atoms with Gasteiger partial charge in [-0.2, -0.15) is 0 Å². The third kappa shape index (κ3) is 3.49. The van der Waals surface area contributed by atoms with E-state index in [9.17, 15) is 13.2 Å². The van der Waals surface area contributed by atoms with Gasteiger partial charge in [0.05, 0.1) is 22.2 Å². The highest BCUT2D eigenvalue weighted by Gasteiger charge is 2.31. The first-order valence-corrected chi connectivity index (χ1v) is 9.64. The predicted molar refractivity (Wildman–Crippen MR) is 91.0 cm³/mol. The number of amidine groups is 1. The zero-order valence-electron chi connectivity index (χ0n) is 12.3. The van der Waals surface area contributed by atoms with E-state index in [1.807, 2.05) is 6.07 Å². The van der Waals surface area contributed by atoms with Crippen molar-refractivity contribution in [1.82, 2.24) is 9.80 Å². The Kier molecular flexibility index (Phi) is 4.31. The largest absolute Gasteiger partial charge is 0.336 e. The number of halogens is 1. The Hall–Kier alpha value is -1.64. The number of sulfonamides is 1. The van der Waals surface area contributed by atoms with Crippen molar-refractivity contribution in [3.8, 4) is 0 Å². The van der Waals surface area contributed by atoms with Crippen LogP contribution < -0.4 is 0 Å². The molecule has 0 spiro atoms. The van der Waals surface area contributed by atoms with Gasteiger partial charge in [-0.15, -0.1) is 15.7 Å². The highest BCUT2D eigenvalue weighted by Crippen LogP contribution is 2.24. The molecule has 1 aromatic rings. The van der Waals surface area contributed by atoms with Gasteiger partial charge in [0.25, 0.3) is 15.9 Å². The van der Waals surface area contributed by atoms with E-state index in [2.05, 4.69) is 4.40 Å². The molecule has 0 aromatic carbocycles. The maximum absolute atomic E-state index is 12.7. The highest BCUT2D eigenvalue weighted by molar-refractivity contribution is 7.90. The van der Waals surface area contributed by atoms with Crippen molar-refractivity contribution in [2.75, 3.05) is 19.3 Å². The van der Waals surface area contributed by atoms with E-state index in [0.717, 1.165) is 4.88 Å². The minimum atomic E-state index is -3.52. The third-order valence-corrected chi connectivity index (χ3v) is 5.82. The van der Waals surface area contributed by atoms with Gasteiger partial charge in [-0.3, -0.25) is 4.79 Å². The lowest BCUT2D eigenvalue weighted by Crippen LogP contribution is -2.42. The minimum Gasteiger partial charge on any atom is -0.336 e. The Morgan fingerprint density at radius 1 is 1.48 bits per heavy atom. The number of nitrogens with zero attached hydrogens (tertiary/aromatic N) is 3. The molecule has 1 aromatic heterocycles. The lowest BCUT2D eigenvalue weighted by Gasteiger charge is -2.30. The predicted octanol–water partition coefficient (Wildman–Crippen LogP) is 1.86. The fraction of sp³-hybridized carbons (Fsp3) is 0.286. The SMILES string of the molecule is CN(Cc1ccc(Cl)s1)C(=O)C1=CC=CN2CCS(=O)(=O)N=C12. The Labute approximate surface area is 143 Å². The number of hydrogen-bond donors (Lipinski definition) is 0. The summed E-state index contributed by atoms with van der Waals surface area (Å²) in [5.74, 6) is -0.134. The summed E-state index contributed by atoms with van der Waals surface area (Å²) in [6.07, 6.45) is 5.04. The molecular weight excluding hydrogens is 358 g/mol. The van der Waals surface area contributed by atoms with Crippen molar-refractivity contribution in [1.29, 1.82) is 0 Å². The molecule has 0 saturated carbocycles. The van der Waals surface area contributed by atoms with Crippen LogP contribution in [0, 0.1) is 0 Å². The zero-order valence-corrected chi connectivity index (χ0v) is 14.7. The first-order chi connectivity index (χ1) is 10.9. The summed E-state index contributed by atoms with van der Waals surface area (Å²) < 4.78 is 27.9. The van der Waals surface area contributed by atoms with Crippen molar-refractivity contribution in [2.24, 2.45) is 4.40 Å². The van der Waals surface area contributed by atoms with E-state index < -0.39 is 10.0 Å². The molecule has 122 valence electrons. The number of fused-ring (bicyclic) bond motifs is 1. The number of allylic oxidation sites excluding steroid dienone is 2. The summed E-state index contributed by atoms with van der Waals surface area (Å²) in [5.41, 5.74) is 0.279. The molecule has 0 fully saturated rings. The topological polar surface area (TPSA) is 70.1 Å². The standard InChI is InChI=1S/C14H14ClN3O3S2/c1-17(9-10-4-5-12(15)22-10)14(19)11-3-2-6-18-7-8-23(20,21)16-13(11)18/h2-6H,7-9H2,1H3. The van der Waals surface area contributed by atoms with Crippen LogP contribution in [0.4, 0.5) is 0 Å². The summed E-state index contributed by atoms with van der Waals surface area (Å²) in [6.45, 7) is 0.698. The molecule has 1 amide bonds. The smallest absolute Gasteiger partial charge is 0.257 e. The summed E-state index contributed by atoms with van der Waals surface area (Å²) in [4.78, 5) is 16.8. The number of amides is 1. The van der Waals surface area contributed by atoms with Gasteiger partial charge in [0.2, 0.25) is 0 Å². The summed E-state index contributed by atoms with van der Waals surface area (Å²) in [7, 11) is -1.85. The third-order valence-electron chi connectivity index (χ3n) is 3.46. The molecular formula is C14H14ClN3O3S2. The van der Waals surface area contributed by atoms with Gasteiger partial charge in [-0.25, -0.2) is 8.42 Å². The van der Waals surface area contributed by atoms with Crippen molar-refractivity contribution < 1.29 is 13.2 Å². The van der Waals surface area contributed by atoms with Crippen molar-refractivity contribution >= 4 is 44.7 Å².